The Kier molecular flexibility index (Phi) is 5.86. The van der Waals surface area contributed by atoms with Crippen molar-refractivity contribution in [3.05, 3.63) is 35.4 Å². The summed E-state index contributed by atoms with van der Waals surface area (Å²) >= 11 is 0. The van der Waals surface area contributed by atoms with Gasteiger partial charge in [0.05, 0.1) is 19.8 Å². The second-order valence-electron chi connectivity index (χ2n) is 3.54. The molecule has 1 aromatic rings. The van der Waals surface area contributed by atoms with Gasteiger partial charge in [0.25, 0.3) is 0 Å². The second-order valence-corrected chi connectivity index (χ2v) is 5.21. The monoisotopic (exact) mass is 258 g/mol. The highest BCUT2D eigenvalue weighted by molar-refractivity contribution is 7.48. The van der Waals surface area contributed by atoms with E-state index in [4.69, 9.17) is 13.6 Å². The van der Waals surface area contributed by atoms with Gasteiger partial charge in [-0.3, -0.25) is 13.6 Å². The summed E-state index contributed by atoms with van der Waals surface area (Å²) in [5.41, 5.74) is 2.11. The van der Waals surface area contributed by atoms with E-state index in [9.17, 15) is 4.57 Å². The Morgan fingerprint density at radius 2 is 1.53 bits per heavy atom. The highest BCUT2D eigenvalue weighted by Crippen LogP contribution is 2.49. The van der Waals surface area contributed by atoms with Gasteiger partial charge in [-0.2, -0.15) is 0 Å². The standard InChI is InChI=1S/C12H19O4P/c1-4-14-17(13,15-5-2)16-10-12-8-6-11(3)7-9-12/h6-9H,4-5,10H2,1-3H3. The van der Waals surface area contributed by atoms with E-state index in [0.717, 1.165) is 5.56 Å². The highest BCUT2D eigenvalue weighted by Gasteiger charge is 2.25. The van der Waals surface area contributed by atoms with Crippen molar-refractivity contribution in [2.45, 2.75) is 27.4 Å². The molecular formula is C12H19O4P. The molecule has 0 fully saturated rings. The first kappa shape index (κ1) is 14.4. The number of phosphoric ester groups is 1. The van der Waals surface area contributed by atoms with Gasteiger partial charge in [-0.05, 0) is 26.3 Å². The van der Waals surface area contributed by atoms with Crippen LogP contribution in [0.1, 0.15) is 25.0 Å². The van der Waals surface area contributed by atoms with Gasteiger partial charge >= 0.3 is 7.82 Å². The lowest BCUT2D eigenvalue weighted by Crippen LogP contribution is -2.00. The number of hydrogen-bond acceptors (Lipinski definition) is 4. The molecule has 0 aliphatic carbocycles. The molecule has 0 amide bonds. The normalized spacial score (nSPS) is 11.7. The van der Waals surface area contributed by atoms with Crippen LogP contribution in [0.4, 0.5) is 0 Å². The van der Waals surface area contributed by atoms with Crippen molar-refractivity contribution < 1.29 is 18.1 Å². The molecule has 0 atom stereocenters. The summed E-state index contributed by atoms with van der Waals surface area (Å²) < 4.78 is 27.3. The van der Waals surface area contributed by atoms with Gasteiger partial charge in [0.2, 0.25) is 0 Å². The molecule has 5 heteroatoms. The molecule has 0 radical (unpaired) electrons. The lowest BCUT2D eigenvalue weighted by Gasteiger charge is -2.16. The zero-order valence-electron chi connectivity index (χ0n) is 10.5. The summed E-state index contributed by atoms with van der Waals surface area (Å²) in [6.07, 6.45) is 0. The molecule has 1 aromatic carbocycles. The molecule has 0 N–H and O–H groups in total. The molecule has 0 unspecified atom stereocenters. The maximum Gasteiger partial charge on any atom is 0.475 e. The summed E-state index contributed by atoms with van der Waals surface area (Å²) in [4.78, 5) is 0. The fraction of sp³-hybridized carbons (Fsp3) is 0.500. The Labute approximate surface area is 103 Å². The van der Waals surface area contributed by atoms with Gasteiger partial charge < -0.3 is 0 Å². The minimum atomic E-state index is -3.40. The number of phosphoric acid groups is 1. The van der Waals surface area contributed by atoms with Crippen LogP contribution in [0.15, 0.2) is 24.3 Å². The third-order valence-corrected chi connectivity index (χ3v) is 3.68. The van der Waals surface area contributed by atoms with Crippen LogP contribution >= 0.6 is 7.82 Å². The number of hydrogen-bond donors (Lipinski definition) is 0. The molecule has 1 rings (SSSR count). The third kappa shape index (κ3) is 5.00. The fourth-order valence-electron chi connectivity index (χ4n) is 1.27. The van der Waals surface area contributed by atoms with Crippen molar-refractivity contribution in [2.24, 2.45) is 0 Å². The molecule has 0 aliphatic rings. The van der Waals surface area contributed by atoms with Gasteiger partial charge in [-0.25, -0.2) is 4.57 Å². The molecular weight excluding hydrogens is 239 g/mol. The Morgan fingerprint density at radius 3 is 2.00 bits per heavy atom. The average Bonchev–Trinajstić information content (AvgIpc) is 2.29. The summed E-state index contributed by atoms with van der Waals surface area (Å²) in [5, 5.41) is 0. The molecule has 0 spiro atoms. The lowest BCUT2D eigenvalue weighted by atomic mass is 10.2. The summed E-state index contributed by atoms with van der Waals surface area (Å²) in [5.74, 6) is 0. The predicted molar refractivity (Wildman–Crippen MR) is 66.8 cm³/mol. The first-order valence-electron chi connectivity index (χ1n) is 5.69. The SMILES string of the molecule is CCOP(=O)(OCC)OCc1ccc(C)cc1. The van der Waals surface area contributed by atoms with Crippen LogP contribution in [0.25, 0.3) is 0 Å². The molecule has 4 nitrogen and oxygen atoms in total. The van der Waals surface area contributed by atoms with Crippen molar-refractivity contribution in [3.63, 3.8) is 0 Å². The van der Waals surface area contributed by atoms with Crippen LogP contribution in [0.3, 0.4) is 0 Å². The van der Waals surface area contributed by atoms with Crippen molar-refractivity contribution >= 4 is 7.82 Å². The summed E-state index contributed by atoms with van der Waals surface area (Å²) in [6, 6.07) is 7.81. The number of benzene rings is 1. The molecule has 0 aromatic heterocycles. The third-order valence-electron chi connectivity index (χ3n) is 2.08. The second kappa shape index (κ2) is 6.92. The van der Waals surface area contributed by atoms with E-state index < -0.39 is 7.82 Å². The average molecular weight is 258 g/mol. The van der Waals surface area contributed by atoms with E-state index in [1.807, 2.05) is 31.2 Å². The van der Waals surface area contributed by atoms with E-state index in [0.29, 0.717) is 13.2 Å². The van der Waals surface area contributed by atoms with Crippen LogP contribution < -0.4 is 0 Å². The van der Waals surface area contributed by atoms with Crippen LogP contribution in [0.5, 0.6) is 0 Å². The van der Waals surface area contributed by atoms with Gasteiger partial charge in [0.1, 0.15) is 0 Å². The first-order valence-corrected chi connectivity index (χ1v) is 7.15. The summed E-state index contributed by atoms with van der Waals surface area (Å²) in [6.45, 7) is 6.33. The van der Waals surface area contributed by atoms with Gasteiger partial charge in [-0.15, -0.1) is 0 Å². The van der Waals surface area contributed by atoms with Crippen molar-refractivity contribution in [3.8, 4) is 0 Å². The van der Waals surface area contributed by atoms with Crippen LogP contribution in [-0.4, -0.2) is 13.2 Å². The molecule has 0 saturated heterocycles. The predicted octanol–water partition coefficient (Wildman–Crippen LogP) is 3.69. The minimum absolute atomic E-state index is 0.220. The Bertz CT molecular complexity index is 365. The zero-order chi connectivity index (χ0) is 12.7. The maximum atomic E-state index is 12.0. The molecule has 0 aliphatic heterocycles. The first-order chi connectivity index (χ1) is 8.09. The van der Waals surface area contributed by atoms with Crippen LogP contribution in [0.2, 0.25) is 0 Å². The Hall–Kier alpha value is -0.670. The molecule has 0 saturated carbocycles. The maximum absolute atomic E-state index is 12.0. The van der Waals surface area contributed by atoms with Crippen molar-refractivity contribution in [1.82, 2.24) is 0 Å². The van der Waals surface area contributed by atoms with Crippen molar-refractivity contribution in [1.29, 1.82) is 0 Å². The Morgan fingerprint density at radius 1 is 1.00 bits per heavy atom. The van der Waals surface area contributed by atoms with E-state index in [1.165, 1.54) is 5.56 Å². The lowest BCUT2D eigenvalue weighted by molar-refractivity contribution is 0.116. The van der Waals surface area contributed by atoms with E-state index in [-0.39, 0.29) is 6.61 Å². The molecule has 17 heavy (non-hydrogen) atoms. The number of rotatable bonds is 7. The van der Waals surface area contributed by atoms with E-state index >= 15 is 0 Å². The summed E-state index contributed by atoms with van der Waals surface area (Å²) in [7, 11) is -3.40. The van der Waals surface area contributed by atoms with Crippen LogP contribution in [-0.2, 0) is 24.7 Å². The largest absolute Gasteiger partial charge is 0.475 e. The fourth-order valence-corrected chi connectivity index (χ4v) is 2.43. The topological polar surface area (TPSA) is 44.8 Å². The zero-order valence-corrected chi connectivity index (χ0v) is 11.4. The smallest absolute Gasteiger partial charge is 0.287 e. The molecule has 0 heterocycles. The highest BCUT2D eigenvalue weighted by atomic mass is 31.2. The van der Waals surface area contributed by atoms with Gasteiger partial charge in [-0.1, -0.05) is 29.8 Å². The van der Waals surface area contributed by atoms with E-state index in [2.05, 4.69) is 0 Å². The van der Waals surface area contributed by atoms with Gasteiger partial charge in [0.15, 0.2) is 0 Å². The molecule has 96 valence electrons. The van der Waals surface area contributed by atoms with Crippen LogP contribution in [0, 0.1) is 6.92 Å². The van der Waals surface area contributed by atoms with E-state index in [1.54, 1.807) is 13.8 Å². The van der Waals surface area contributed by atoms with Crippen molar-refractivity contribution in [2.75, 3.05) is 13.2 Å². The Balaban J connectivity index is 2.57. The molecule has 0 bridgehead atoms. The minimum Gasteiger partial charge on any atom is -0.287 e. The van der Waals surface area contributed by atoms with Gasteiger partial charge in [0, 0.05) is 0 Å². The quantitative estimate of drug-likeness (QED) is 0.699. The number of aryl methyl sites for hydroxylation is 1.